The Morgan fingerprint density at radius 2 is 1.27 bits per heavy atom. The van der Waals surface area contributed by atoms with Crippen molar-refractivity contribution < 1.29 is 9.05 Å². The van der Waals surface area contributed by atoms with E-state index < -0.39 is 8.38 Å². The Morgan fingerprint density at radius 3 is 2.04 bits per heavy atom. The van der Waals surface area contributed by atoms with Crippen LogP contribution in [0.25, 0.3) is 71.8 Å². The first-order valence-corrected chi connectivity index (χ1v) is 17.5. The molecule has 0 spiro atoms. The Labute approximate surface area is 280 Å². The molecule has 0 radical (unpaired) electrons. The highest BCUT2D eigenvalue weighted by atomic mass is 31.2. The number of rotatable bonds is 5. The Bertz CT molecular complexity index is 2520. The molecule has 9 rings (SSSR count). The van der Waals surface area contributed by atoms with Crippen molar-refractivity contribution in [1.29, 1.82) is 0 Å². The molecule has 1 unspecified atom stereocenters. The summed E-state index contributed by atoms with van der Waals surface area (Å²) in [6.45, 7) is 8.72. The molecule has 0 N–H and O–H groups in total. The number of para-hydroxylation sites is 1. The lowest BCUT2D eigenvalue weighted by Gasteiger charge is -2.55. The van der Waals surface area contributed by atoms with E-state index >= 15 is 0 Å². The lowest BCUT2D eigenvalue weighted by atomic mass is 9.93. The van der Waals surface area contributed by atoms with Crippen molar-refractivity contribution >= 4 is 51.9 Å². The van der Waals surface area contributed by atoms with Crippen LogP contribution in [0.2, 0.25) is 0 Å². The van der Waals surface area contributed by atoms with Gasteiger partial charge in [0.1, 0.15) is 5.75 Å². The smallest absolute Gasteiger partial charge is 0.239 e. The fourth-order valence-corrected chi connectivity index (χ4v) is 8.52. The summed E-state index contributed by atoms with van der Waals surface area (Å²) in [7, 11) is -1.07. The largest absolute Gasteiger partial charge is 0.447 e. The van der Waals surface area contributed by atoms with Gasteiger partial charge in [0, 0.05) is 21.7 Å². The van der Waals surface area contributed by atoms with Gasteiger partial charge in [-0.2, -0.15) is 0 Å². The molecule has 1 aliphatic rings. The second-order valence-corrected chi connectivity index (χ2v) is 15.5. The molecule has 0 saturated carbocycles. The van der Waals surface area contributed by atoms with Crippen LogP contribution in [0.4, 0.5) is 0 Å². The standard InChI is InChI=1S/C42H34N3O2P/c1-41(2)42(3,4)48(47-41)46-31-23-25-36-34(26-31)38-32-15-9-8-14-29(32)22-24-37(38)45(36)40-43-35-17-11-10-16-33(35)39(44-40)30-20-18-28(19-21-30)27-12-6-5-7-13-27/h5-26H,1-4H3. The molecular formula is C42H34N3O2P. The van der Waals surface area contributed by atoms with Gasteiger partial charge in [-0.3, -0.25) is 4.57 Å². The molecule has 1 aliphatic heterocycles. The average Bonchev–Trinajstić information content (AvgIpc) is 3.45. The van der Waals surface area contributed by atoms with Gasteiger partial charge in [0.05, 0.1) is 33.0 Å². The third-order valence-corrected chi connectivity index (χ3v) is 12.6. The normalized spacial score (nSPS) is 16.8. The number of hydrogen-bond acceptors (Lipinski definition) is 4. The van der Waals surface area contributed by atoms with Crippen LogP contribution < -0.4 is 4.52 Å². The first kappa shape index (κ1) is 29.1. The molecule has 0 aliphatic carbocycles. The van der Waals surface area contributed by atoms with Gasteiger partial charge in [0.15, 0.2) is 0 Å². The molecule has 6 heteroatoms. The number of aromatic nitrogens is 3. The van der Waals surface area contributed by atoms with Crippen LogP contribution in [0.3, 0.4) is 0 Å². The van der Waals surface area contributed by atoms with E-state index in [0.29, 0.717) is 5.95 Å². The third-order valence-electron chi connectivity index (χ3n) is 10.1. The van der Waals surface area contributed by atoms with E-state index in [2.05, 4.69) is 154 Å². The van der Waals surface area contributed by atoms with Crippen molar-refractivity contribution in [1.82, 2.24) is 14.5 Å². The zero-order chi connectivity index (χ0) is 32.6. The monoisotopic (exact) mass is 643 g/mol. The Hall–Kier alpha value is -5.09. The molecule has 234 valence electrons. The van der Waals surface area contributed by atoms with Crippen LogP contribution in [0.15, 0.2) is 133 Å². The van der Waals surface area contributed by atoms with Gasteiger partial charge in [-0.05, 0) is 79.9 Å². The maximum atomic E-state index is 6.56. The molecular weight excluding hydrogens is 609 g/mol. The van der Waals surface area contributed by atoms with Gasteiger partial charge >= 0.3 is 0 Å². The van der Waals surface area contributed by atoms with Gasteiger partial charge in [0.25, 0.3) is 0 Å². The maximum Gasteiger partial charge on any atom is 0.239 e. The quantitative estimate of drug-likeness (QED) is 0.175. The Kier molecular flexibility index (Phi) is 6.49. The summed E-state index contributed by atoms with van der Waals surface area (Å²) in [5.41, 5.74) is 7.06. The highest BCUT2D eigenvalue weighted by Crippen LogP contribution is 2.69. The van der Waals surface area contributed by atoms with Crippen molar-refractivity contribution in [2.24, 2.45) is 0 Å². The summed E-state index contributed by atoms with van der Waals surface area (Å²) in [4.78, 5) is 10.5. The van der Waals surface area contributed by atoms with Crippen LogP contribution in [-0.2, 0) is 4.52 Å². The molecule has 48 heavy (non-hydrogen) atoms. The van der Waals surface area contributed by atoms with Crippen LogP contribution in [0, 0.1) is 0 Å². The minimum Gasteiger partial charge on any atom is -0.447 e. The number of benzene rings is 6. The molecule has 2 aromatic heterocycles. The fraction of sp³-hybridized carbons (Fsp3) is 0.143. The molecule has 1 saturated heterocycles. The zero-order valence-electron chi connectivity index (χ0n) is 27.3. The zero-order valence-corrected chi connectivity index (χ0v) is 28.2. The van der Waals surface area contributed by atoms with Crippen molar-refractivity contribution in [3.63, 3.8) is 0 Å². The second kappa shape index (κ2) is 10.7. The summed E-state index contributed by atoms with van der Waals surface area (Å²) in [5.74, 6) is 1.44. The molecule has 5 nitrogen and oxygen atoms in total. The van der Waals surface area contributed by atoms with Crippen molar-refractivity contribution in [3.05, 3.63) is 133 Å². The van der Waals surface area contributed by atoms with E-state index in [1.165, 1.54) is 21.9 Å². The highest BCUT2D eigenvalue weighted by molar-refractivity contribution is 7.51. The summed E-state index contributed by atoms with van der Waals surface area (Å²) in [6, 6.07) is 46.7. The van der Waals surface area contributed by atoms with Gasteiger partial charge < -0.3 is 9.05 Å². The molecule has 0 bridgehead atoms. The van der Waals surface area contributed by atoms with Crippen LogP contribution in [0.5, 0.6) is 5.75 Å². The first-order chi connectivity index (χ1) is 23.3. The molecule has 0 amide bonds. The molecule has 3 heterocycles. The Morgan fingerprint density at radius 1 is 0.604 bits per heavy atom. The lowest BCUT2D eigenvalue weighted by Crippen LogP contribution is -2.55. The van der Waals surface area contributed by atoms with Gasteiger partial charge in [-0.15, -0.1) is 0 Å². The number of fused-ring (bicyclic) bond motifs is 6. The van der Waals surface area contributed by atoms with Crippen molar-refractivity contribution in [3.8, 4) is 34.1 Å². The molecule has 1 fully saturated rings. The number of nitrogens with zero attached hydrogens (tertiary/aromatic N) is 3. The van der Waals surface area contributed by atoms with E-state index in [9.17, 15) is 0 Å². The number of hydrogen-bond donors (Lipinski definition) is 0. The van der Waals surface area contributed by atoms with E-state index in [1.807, 2.05) is 12.1 Å². The molecule has 1 atom stereocenters. The maximum absolute atomic E-state index is 6.56. The van der Waals surface area contributed by atoms with E-state index in [0.717, 1.165) is 49.7 Å². The topological polar surface area (TPSA) is 49.2 Å². The minimum atomic E-state index is -1.07. The van der Waals surface area contributed by atoms with Gasteiger partial charge in [-0.1, -0.05) is 103 Å². The fourth-order valence-electron chi connectivity index (χ4n) is 6.72. The molecule has 6 aromatic carbocycles. The SMILES string of the molecule is CC1(C)OP(Oc2ccc3c(c2)c2c4ccccc4ccc2n3-c2nc(-c3ccc(-c4ccccc4)cc3)c3ccccc3n2)C1(C)C. The van der Waals surface area contributed by atoms with Crippen molar-refractivity contribution in [2.75, 3.05) is 0 Å². The predicted octanol–water partition coefficient (Wildman–Crippen LogP) is 11.5. The van der Waals surface area contributed by atoms with Crippen molar-refractivity contribution in [2.45, 2.75) is 38.5 Å². The third kappa shape index (κ3) is 4.46. The predicted molar refractivity (Wildman–Crippen MR) is 199 cm³/mol. The second-order valence-electron chi connectivity index (χ2n) is 13.5. The first-order valence-electron chi connectivity index (χ1n) is 16.3. The summed E-state index contributed by atoms with van der Waals surface area (Å²) >= 11 is 0. The summed E-state index contributed by atoms with van der Waals surface area (Å²) in [6.07, 6.45) is 0. The summed E-state index contributed by atoms with van der Waals surface area (Å²) in [5, 5.41) is 5.57. The van der Waals surface area contributed by atoms with E-state index in [1.54, 1.807) is 0 Å². The van der Waals surface area contributed by atoms with Crippen LogP contribution in [-0.4, -0.2) is 25.3 Å². The van der Waals surface area contributed by atoms with E-state index in [4.69, 9.17) is 19.0 Å². The van der Waals surface area contributed by atoms with Crippen LogP contribution >= 0.6 is 8.38 Å². The molecule has 8 aromatic rings. The Balaban J connectivity index is 1.25. The minimum absolute atomic E-state index is 0.0629. The lowest BCUT2D eigenvalue weighted by molar-refractivity contribution is 0.00610. The van der Waals surface area contributed by atoms with Gasteiger partial charge in [-0.25, -0.2) is 9.97 Å². The summed E-state index contributed by atoms with van der Waals surface area (Å²) < 4.78 is 15.0. The van der Waals surface area contributed by atoms with Gasteiger partial charge in [0.2, 0.25) is 14.3 Å². The van der Waals surface area contributed by atoms with E-state index in [-0.39, 0.29) is 10.8 Å². The highest BCUT2D eigenvalue weighted by Gasteiger charge is 2.59. The van der Waals surface area contributed by atoms with Crippen LogP contribution in [0.1, 0.15) is 27.7 Å². The average molecular weight is 644 g/mol.